The van der Waals surface area contributed by atoms with Crippen molar-refractivity contribution in [1.82, 2.24) is 0 Å². The van der Waals surface area contributed by atoms with Crippen LogP contribution in [0, 0.1) is 24.2 Å². The third-order valence-corrected chi connectivity index (χ3v) is 8.80. The van der Waals surface area contributed by atoms with Crippen LogP contribution in [0.3, 0.4) is 0 Å². The van der Waals surface area contributed by atoms with Crippen molar-refractivity contribution in [1.29, 1.82) is 0 Å². The zero-order valence-electron chi connectivity index (χ0n) is 17.5. The number of aryl methyl sites for hydroxylation is 1. The Morgan fingerprint density at radius 1 is 0.926 bits per heavy atom. The van der Waals surface area contributed by atoms with Gasteiger partial charge in [-0.3, -0.25) is 0 Å². The number of hydrogen-bond acceptors (Lipinski definition) is 2. The standard InChI is InChI=1S/C25H31NO/c1-15-11-12-20-19-9-7-8-10-21(19)27-23(20)22(15)26-18(4)24(5)13-14-25(26,6)17(3)16(24)2/h7-12,16-18H,13-14H2,1-6H3/t16?,17?,18-,24?,25?/m0/s1. The summed E-state index contributed by atoms with van der Waals surface area (Å²) in [5, 5.41) is 2.47. The monoisotopic (exact) mass is 361 g/mol. The Morgan fingerprint density at radius 3 is 2.44 bits per heavy atom. The zero-order chi connectivity index (χ0) is 19.1. The lowest BCUT2D eigenvalue weighted by molar-refractivity contribution is -0.0523. The maximum absolute atomic E-state index is 6.47. The summed E-state index contributed by atoms with van der Waals surface area (Å²) in [6, 6.07) is 13.5. The highest BCUT2D eigenvalue weighted by atomic mass is 16.3. The fraction of sp³-hybridized carbons (Fsp3) is 0.520. The first-order valence-electron chi connectivity index (χ1n) is 10.5. The van der Waals surface area contributed by atoms with Gasteiger partial charge in [-0.15, -0.1) is 0 Å². The van der Waals surface area contributed by atoms with E-state index in [2.05, 4.69) is 82.8 Å². The van der Waals surface area contributed by atoms with Crippen LogP contribution in [0.15, 0.2) is 40.8 Å². The first-order valence-corrected chi connectivity index (χ1v) is 10.5. The smallest absolute Gasteiger partial charge is 0.158 e. The molecule has 1 aliphatic carbocycles. The van der Waals surface area contributed by atoms with Crippen molar-refractivity contribution in [2.24, 2.45) is 17.3 Å². The summed E-state index contributed by atoms with van der Waals surface area (Å²) in [6.45, 7) is 14.6. The largest absolute Gasteiger partial charge is 0.454 e. The van der Waals surface area contributed by atoms with Gasteiger partial charge in [0.05, 0.1) is 5.69 Å². The summed E-state index contributed by atoms with van der Waals surface area (Å²) in [5.74, 6) is 1.39. The third kappa shape index (κ3) is 1.97. The molecule has 2 saturated heterocycles. The minimum absolute atomic E-state index is 0.175. The number of hydrogen-bond donors (Lipinski definition) is 0. The molecule has 3 fully saturated rings. The number of piperidine rings is 2. The predicted molar refractivity (Wildman–Crippen MR) is 114 cm³/mol. The second-order valence-electron chi connectivity index (χ2n) is 9.69. The lowest BCUT2D eigenvalue weighted by atomic mass is 9.50. The van der Waals surface area contributed by atoms with Crippen LogP contribution in [0.25, 0.3) is 21.9 Å². The second-order valence-corrected chi connectivity index (χ2v) is 9.69. The van der Waals surface area contributed by atoms with E-state index in [9.17, 15) is 0 Å². The lowest BCUT2D eigenvalue weighted by Gasteiger charge is -2.68. The quantitative estimate of drug-likeness (QED) is 0.467. The van der Waals surface area contributed by atoms with Crippen LogP contribution in [-0.4, -0.2) is 11.6 Å². The van der Waals surface area contributed by atoms with Crippen molar-refractivity contribution in [2.75, 3.05) is 4.90 Å². The van der Waals surface area contributed by atoms with Gasteiger partial charge in [0.1, 0.15) is 5.58 Å². The van der Waals surface area contributed by atoms with E-state index in [0.717, 1.165) is 17.1 Å². The van der Waals surface area contributed by atoms with Crippen molar-refractivity contribution in [2.45, 2.75) is 66.0 Å². The van der Waals surface area contributed by atoms with E-state index >= 15 is 0 Å². The highest BCUT2D eigenvalue weighted by Gasteiger charge is 2.60. The highest BCUT2D eigenvalue weighted by molar-refractivity contribution is 6.09. The van der Waals surface area contributed by atoms with E-state index in [4.69, 9.17) is 4.42 Å². The molecule has 3 aliphatic rings. The highest BCUT2D eigenvalue weighted by Crippen LogP contribution is 2.61. The van der Waals surface area contributed by atoms with E-state index in [-0.39, 0.29) is 5.54 Å². The topological polar surface area (TPSA) is 16.4 Å². The molecule has 0 spiro atoms. The molecule has 1 aromatic heterocycles. The van der Waals surface area contributed by atoms with Crippen molar-refractivity contribution in [3.8, 4) is 0 Å². The Hall–Kier alpha value is -1.96. The normalized spacial score (nSPS) is 36.1. The molecule has 1 saturated carbocycles. The van der Waals surface area contributed by atoms with Gasteiger partial charge in [0.15, 0.2) is 5.58 Å². The molecule has 2 aliphatic heterocycles. The van der Waals surface area contributed by atoms with Gasteiger partial charge in [0.2, 0.25) is 0 Å². The molecule has 6 rings (SSSR count). The SMILES string of the molecule is Cc1ccc2c(oc3ccccc32)c1N1[C@@H](C)C2(C)CCC1(C)C(C)C2C. The molecule has 2 heteroatoms. The number of para-hydroxylation sites is 1. The molecule has 4 unspecified atom stereocenters. The van der Waals surface area contributed by atoms with Gasteiger partial charge in [0.25, 0.3) is 0 Å². The molecule has 3 heterocycles. The molecule has 2 aromatic carbocycles. The molecule has 2 bridgehead atoms. The minimum atomic E-state index is 0.175. The van der Waals surface area contributed by atoms with E-state index in [1.54, 1.807) is 0 Å². The summed E-state index contributed by atoms with van der Waals surface area (Å²) in [6.07, 6.45) is 2.58. The van der Waals surface area contributed by atoms with Crippen LogP contribution in [0.4, 0.5) is 5.69 Å². The van der Waals surface area contributed by atoms with Crippen molar-refractivity contribution < 1.29 is 4.42 Å². The summed E-state index contributed by atoms with van der Waals surface area (Å²) in [5.41, 5.74) is 5.23. The summed E-state index contributed by atoms with van der Waals surface area (Å²) >= 11 is 0. The Balaban J connectivity index is 1.82. The molecule has 0 amide bonds. The fourth-order valence-electron chi connectivity index (χ4n) is 6.38. The Kier molecular flexibility index (Phi) is 3.37. The predicted octanol–water partition coefficient (Wildman–Crippen LogP) is 6.93. The molecule has 2 nitrogen and oxygen atoms in total. The average Bonchev–Trinajstić information content (AvgIpc) is 3.03. The van der Waals surface area contributed by atoms with Gasteiger partial charge >= 0.3 is 0 Å². The first kappa shape index (κ1) is 17.2. The van der Waals surface area contributed by atoms with Crippen LogP contribution in [-0.2, 0) is 0 Å². The average molecular weight is 362 g/mol. The molecular formula is C25H31NO. The number of anilines is 1. The Morgan fingerprint density at radius 2 is 1.67 bits per heavy atom. The molecule has 142 valence electrons. The van der Waals surface area contributed by atoms with Gasteiger partial charge in [-0.05, 0) is 62.5 Å². The number of benzene rings is 2. The van der Waals surface area contributed by atoms with Gasteiger partial charge in [-0.2, -0.15) is 0 Å². The molecule has 5 atom stereocenters. The van der Waals surface area contributed by atoms with Crippen LogP contribution in [0.1, 0.15) is 53.0 Å². The molecular weight excluding hydrogens is 330 g/mol. The third-order valence-electron chi connectivity index (χ3n) is 8.80. The number of fused-ring (bicyclic) bond motifs is 6. The Labute approximate surface area is 162 Å². The van der Waals surface area contributed by atoms with Crippen LogP contribution < -0.4 is 4.90 Å². The van der Waals surface area contributed by atoms with Crippen LogP contribution >= 0.6 is 0 Å². The molecule has 0 N–H and O–H groups in total. The van der Waals surface area contributed by atoms with Gasteiger partial charge < -0.3 is 9.32 Å². The first-order chi connectivity index (χ1) is 12.8. The summed E-state index contributed by atoms with van der Waals surface area (Å²) < 4.78 is 6.47. The maximum atomic E-state index is 6.47. The van der Waals surface area contributed by atoms with E-state index < -0.39 is 0 Å². The van der Waals surface area contributed by atoms with E-state index in [1.165, 1.54) is 34.9 Å². The minimum Gasteiger partial charge on any atom is -0.454 e. The molecule has 0 radical (unpaired) electrons. The number of nitrogens with zero attached hydrogens (tertiary/aromatic N) is 1. The van der Waals surface area contributed by atoms with Gasteiger partial charge in [0, 0.05) is 22.4 Å². The van der Waals surface area contributed by atoms with E-state index in [1.807, 2.05) is 0 Å². The summed E-state index contributed by atoms with van der Waals surface area (Å²) in [4.78, 5) is 2.75. The van der Waals surface area contributed by atoms with Gasteiger partial charge in [-0.1, -0.05) is 51.1 Å². The van der Waals surface area contributed by atoms with E-state index in [0.29, 0.717) is 17.4 Å². The van der Waals surface area contributed by atoms with Crippen LogP contribution in [0.5, 0.6) is 0 Å². The van der Waals surface area contributed by atoms with Crippen molar-refractivity contribution in [3.05, 3.63) is 42.0 Å². The zero-order valence-corrected chi connectivity index (χ0v) is 17.5. The Bertz CT molecular complexity index is 1050. The lowest BCUT2D eigenvalue weighted by Crippen LogP contribution is -2.72. The number of furan rings is 1. The summed E-state index contributed by atoms with van der Waals surface area (Å²) in [7, 11) is 0. The molecule has 27 heavy (non-hydrogen) atoms. The number of rotatable bonds is 1. The fourth-order valence-corrected chi connectivity index (χ4v) is 6.38. The van der Waals surface area contributed by atoms with Gasteiger partial charge in [-0.25, -0.2) is 0 Å². The molecule has 3 aromatic rings. The second kappa shape index (κ2) is 5.31. The van der Waals surface area contributed by atoms with Crippen molar-refractivity contribution >= 4 is 27.6 Å². The van der Waals surface area contributed by atoms with Crippen LogP contribution in [0.2, 0.25) is 0 Å². The van der Waals surface area contributed by atoms with Crippen molar-refractivity contribution in [3.63, 3.8) is 0 Å². The maximum Gasteiger partial charge on any atom is 0.158 e.